The highest BCUT2D eigenvalue weighted by Gasteiger charge is 2.33. The lowest BCUT2D eigenvalue weighted by Gasteiger charge is -2.31. The van der Waals surface area contributed by atoms with Crippen molar-refractivity contribution in [1.29, 1.82) is 0 Å². The Hall–Kier alpha value is -1.79. The summed E-state index contributed by atoms with van der Waals surface area (Å²) in [5.41, 5.74) is 0. The summed E-state index contributed by atoms with van der Waals surface area (Å²) in [6.45, 7) is 1.31. The number of aliphatic hydroxyl groups is 2. The van der Waals surface area contributed by atoms with Gasteiger partial charge in [0.1, 0.15) is 6.10 Å². The van der Waals surface area contributed by atoms with Gasteiger partial charge in [-0.25, -0.2) is 0 Å². The van der Waals surface area contributed by atoms with E-state index in [4.69, 9.17) is 14.6 Å². The molecular formula is C13H17NO5. The zero-order valence-corrected chi connectivity index (χ0v) is 10.6. The molecule has 1 aliphatic heterocycles. The molecule has 1 amide bonds. The highest BCUT2D eigenvalue weighted by Crippen LogP contribution is 2.33. The predicted molar refractivity (Wildman–Crippen MR) is 67.1 cm³/mol. The first kappa shape index (κ1) is 13.6. The van der Waals surface area contributed by atoms with Crippen molar-refractivity contribution in [3.63, 3.8) is 0 Å². The molecule has 0 radical (unpaired) electrons. The molecule has 19 heavy (non-hydrogen) atoms. The van der Waals surface area contributed by atoms with E-state index in [1.54, 1.807) is 25.1 Å². The molecule has 3 unspecified atom stereocenters. The lowest BCUT2D eigenvalue weighted by atomic mass is 10.1. The van der Waals surface area contributed by atoms with Crippen LogP contribution in [-0.2, 0) is 4.79 Å². The molecule has 1 aromatic carbocycles. The van der Waals surface area contributed by atoms with Crippen molar-refractivity contribution < 1.29 is 24.5 Å². The average Bonchev–Trinajstić information content (AvgIpc) is 2.43. The minimum Gasteiger partial charge on any atom is -0.482 e. The summed E-state index contributed by atoms with van der Waals surface area (Å²) in [7, 11) is 0. The summed E-state index contributed by atoms with van der Waals surface area (Å²) in [5.74, 6) is 0.743. The van der Waals surface area contributed by atoms with Crippen molar-refractivity contribution in [3.8, 4) is 11.5 Å². The van der Waals surface area contributed by atoms with E-state index in [0.29, 0.717) is 11.5 Å². The molecule has 3 atom stereocenters. The smallest absolute Gasteiger partial charge is 0.265 e. The number of hydrogen-bond donors (Lipinski definition) is 3. The van der Waals surface area contributed by atoms with Gasteiger partial charge in [0.25, 0.3) is 5.91 Å². The Kier molecular flexibility index (Phi) is 4.24. The first-order valence-corrected chi connectivity index (χ1v) is 6.10. The summed E-state index contributed by atoms with van der Waals surface area (Å²) in [5, 5.41) is 20.4. The Morgan fingerprint density at radius 3 is 2.63 bits per heavy atom. The van der Waals surface area contributed by atoms with Crippen molar-refractivity contribution in [2.75, 3.05) is 13.2 Å². The van der Waals surface area contributed by atoms with E-state index in [2.05, 4.69) is 5.32 Å². The van der Waals surface area contributed by atoms with Gasteiger partial charge in [0.05, 0.1) is 12.7 Å². The van der Waals surface area contributed by atoms with Gasteiger partial charge in [-0.15, -0.1) is 0 Å². The molecule has 0 saturated heterocycles. The Morgan fingerprint density at radius 2 is 2.00 bits per heavy atom. The number of amides is 1. The minimum absolute atomic E-state index is 0.0242. The van der Waals surface area contributed by atoms with E-state index < -0.39 is 24.9 Å². The second-order valence-electron chi connectivity index (χ2n) is 4.39. The van der Waals surface area contributed by atoms with Crippen molar-refractivity contribution in [3.05, 3.63) is 24.3 Å². The second kappa shape index (κ2) is 5.90. The van der Waals surface area contributed by atoms with Crippen molar-refractivity contribution in [1.82, 2.24) is 5.32 Å². The summed E-state index contributed by atoms with van der Waals surface area (Å²) in [6, 6.07) is 7.12. The van der Waals surface area contributed by atoms with Gasteiger partial charge in [-0.05, 0) is 19.1 Å². The molecule has 2 rings (SSSR count). The highest BCUT2D eigenvalue weighted by molar-refractivity contribution is 5.82. The Balaban J connectivity index is 2.00. The molecule has 0 bridgehead atoms. The van der Waals surface area contributed by atoms with Crippen molar-refractivity contribution in [2.45, 2.75) is 25.2 Å². The Bertz CT molecular complexity index is 450. The maximum absolute atomic E-state index is 11.9. The maximum atomic E-state index is 11.9. The number of para-hydroxylation sites is 2. The summed E-state index contributed by atoms with van der Waals surface area (Å²) < 4.78 is 11.2. The van der Waals surface area contributed by atoms with Crippen LogP contribution in [0.15, 0.2) is 24.3 Å². The topological polar surface area (TPSA) is 88.0 Å². The van der Waals surface area contributed by atoms with Gasteiger partial charge in [-0.3, -0.25) is 4.79 Å². The molecule has 3 N–H and O–H groups in total. The lowest BCUT2D eigenvalue weighted by Crippen LogP contribution is -2.50. The Morgan fingerprint density at radius 1 is 1.37 bits per heavy atom. The van der Waals surface area contributed by atoms with Crippen LogP contribution in [0.2, 0.25) is 0 Å². The van der Waals surface area contributed by atoms with Gasteiger partial charge >= 0.3 is 0 Å². The fourth-order valence-corrected chi connectivity index (χ4v) is 1.79. The Labute approximate surface area is 111 Å². The van der Waals surface area contributed by atoms with Gasteiger partial charge in [0, 0.05) is 6.54 Å². The third-order valence-electron chi connectivity index (χ3n) is 2.82. The SMILES string of the molecule is CC1Oc2ccccc2OC1C(=O)NCC(O)CO. The van der Waals surface area contributed by atoms with Gasteiger partial charge in [0.15, 0.2) is 11.5 Å². The van der Waals surface area contributed by atoms with E-state index in [1.165, 1.54) is 0 Å². The number of fused-ring (bicyclic) bond motifs is 1. The zero-order valence-electron chi connectivity index (χ0n) is 10.6. The number of carbonyl (C=O) groups is 1. The van der Waals surface area contributed by atoms with E-state index in [0.717, 1.165) is 0 Å². The molecule has 0 aromatic heterocycles. The van der Waals surface area contributed by atoms with Crippen LogP contribution in [-0.4, -0.2) is 47.6 Å². The van der Waals surface area contributed by atoms with Crippen LogP contribution in [0, 0.1) is 0 Å². The number of ether oxygens (including phenoxy) is 2. The molecule has 0 saturated carbocycles. The fraction of sp³-hybridized carbons (Fsp3) is 0.462. The van der Waals surface area contributed by atoms with Crippen LogP contribution in [0.3, 0.4) is 0 Å². The normalized spacial score (nSPS) is 22.7. The van der Waals surface area contributed by atoms with Crippen LogP contribution in [0.5, 0.6) is 11.5 Å². The molecule has 0 aliphatic carbocycles. The van der Waals surface area contributed by atoms with Crippen molar-refractivity contribution in [2.24, 2.45) is 0 Å². The molecule has 104 valence electrons. The molecule has 0 fully saturated rings. The second-order valence-corrected chi connectivity index (χ2v) is 4.39. The largest absolute Gasteiger partial charge is 0.482 e. The first-order chi connectivity index (χ1) is 9.11. The van der Waals surface area contributed by atoms with E-state index in [1.807, 2.05) is 6.07 Å². The highest BCUT2D eigenvalue weighted by atomic mass is 16.6. The molecule has 6 nitrogen and oxygen atoms in total. The number of hydrogen-bond acceptors (Lipinski definition) is 5. The molecule has 0 spiro atoms. The maximum Gasteiger partial charge on any atom is 0.265 e. The van der Waals surface area contributed by atoms with E-state index in [9.17, 15) is 9.90 Å². The third kappa shape index (κ3) is 3.15. The van der Waals surface area contributed by atoms with Gasteiger partial charge in [0.2, 0.25) is 6.10 Å². The van der Waals surface area contributed by atoms with Crippen LogP contribution >= 0.6 is 0 Å². The number of carbonyl (C=O) groups excluding carboxylic acids is 1. The standard InChI is InChI=1S/C13H17NO5/c1-8-12(13(17)14-6-9(16)7-15)19-11-5-3-2-4-10(11)18-8/h2-5,8-9,12,15-16H,6-7H2,1H3,(H,14,17). The number of benzene rings is 1. The zero-order chi connectivity index (χ0) is 13.8. The van der Waals surface area contributed by atoms with Crippen LogP contribution in [0.1, 0.15) is 6.92 Å². The lowest BCUT2D eigenvalue weighted by molar-refractivity contribution is -0.134. The number of nitrogens with one attached hydrogen (secondary N) is 1. The quantitative estimate of drug-likeness (QED) is 0.696. The third-order valence-corrected chi connectivity index (χ3v) is 2.82. The molecule has 1 heterocycles. The van der Waals surface area contributed by atoms with E-state index >= 15 is 0 Å². The average molecular weight is 267 g/mol. The summed E-state index contributed by atoms with van der Waals surface area (Å²) >= 11 is 0. The molecular weight excluding hydrogens is 250 g/mol. The van der Waals surface area contributed by atoms with Gasteiger partial charge in [-0.2, -0.15) is 0 Å². The fourth-order valence-electron chi connectivity index (χ4n) is 1.79. The van der Waals surface area contributed by atoms with Crippen LogP contribution in [0.4, 0.5) is 0 Å². The first-order valence-electron chi connectivity index (χ1n) is 6.10. The van der Waals surface area contributed by atoms with Crippen LogP contribution in [0.25, 0.3) is 0 Å². The molecule has 6 heteroatoms. The summed E-state index contributed by atoms with van der Waals surface area (Å²) in [4.78, 5) is 11.9. The number of aliphatic hydroxyl groups excluding tert-OH is 2. The van der Waals surface area contributed by atoms with Crippen molar-refractivity contribution >= 4 is 5.91 Å². The molecule has 1 aromatic rings. The van der Waals surface area contributed by atoms with E-state index in [-0.39, 0.29) is 12.5 Å². The van der Waals surface area contributed by atoms with Gasteiger partial charge in [-0.1, -0.05) is 12.1 Å². The van der Waals surface area contributed by atoms with Gasteiger partial charge < -0.3 is 25.0 Å². The minimum atomic E-state index is -0.976. The monoisotopic (exact) mass is 267 g/mol. The molecule has 1 aliphatic rings. The number of rotatable bonds is 4. The summed E-state index contributed by atoms with van der Waals surface area (Å²) in [6.07, 6.45) is -2.18. The van der Waals surface area contributed by atoms with Crippen LogP contribution < -0.4 is 14.8 Å². The predicted octanol–water partition coefficient (Wildman–Crippen LogP) is -0.316.